The van der Waals surface area contributed by atoms with Crippen LogP contribution in [0.5, 0.6) is 11.5 Å². The molecule has 4 nitrogen and oxygen atoms in total. The van der Waals surface area contributed by atoms with Gasteiger partial charge in [-0.05, 0) is 40.5 Å². The Morgan fingerprint density at radius 2 is 1.64 bits per heavy atom. The van der Waals surface area contributed by atoms with Crippen molar-refractivity contribution < 1.29 is 40.2 Å². The quantitative estimate of drug-likeness (QED) is 0.106. The fourth-order valence-corrected chi connectivity index (χ4v) is 3.39. The van der Waals surface area contributed by atoms with Crippen molar-refractivity contribution in [2.45, 2.75) is 31.2 Å². The summed E-state index contributed by atoms with van der Waals surface area (Å²) in [6.45, 7) is 3.82. The normalized spacial score (nSPS) is 12.7. The molecule has 192 valence electrons. The maximum Gasteiger partial charge on any atom is 0.462 e. The summed E-state index contributed by atoms with van der Waals surface area (Å²) in [5.41, 5.74) is 2.07. The third kappa shape index (κ3) is 5.55. The molecule has 0 saturated heterocycles. The number of methoxy groups -OCH3 is 1. The third-order valence-electron chi connectivity index (χ3n) is 5.16. The summed E-state index contributed by atoms with van der Waals surface area (Å²) in [5.74, 6) is -5.84. The summed E-state index contributed by atoms with van der Waals surface area (Å²) in [6, 6.07) is 10.5. The zero-order chi connectivity index (χ0) is 26.6. The van der Waals surface area contributed by atoms with Crippen LogP contribution in [0.1, 0.15) is 16.7 Å². The first-order chi connectivity index (χ1) is 16.9. The van der Waals surface area contributed by atoms with Gasteiger partial charge in [-0.2, -0.15) is 35.8 Å². The highest BCUT2D eigenvalue weighted by atomic mass is 19.4. The first-order valence-corrected chi connectivity index (χ1v) is 10.4. The van der Waals surface area contributed by atoms with Crippen molar-refractivity contribution >= 4 is 17.0 Å². The lowest BCUT2D eigenvalue weighted by Gasteiger charge is -2.27. The number of nitrogens with one attached hydrogen (secondary N) is 1. The first-order valence-electron chi connectivity index (χ1n) is 10.4. The first kappa shape index (κ1) is 26.8. The highest BCUT2D eigenvalue weighted by Crippen LogP contribution is 2.45. The molecule has 3 rings (SSSR count). The fourth-order valence-electron chi connectivity index (χ4n) is 3.39. The number of halogens is 7. The van der Waals surface area contributed by atoms with Gasteiger partial charge in [-0.3, -0.25) is 0 Å². The van der Waals surface area contributed by atoms with Gasteiger partial charge in [0.15, 0.2) is 11.5 Å². The molecule has 0 amide bonds. The Labute approximate surface area is 202 Å². The zero-order valence-corrected chi connectivity index (χ0v) is 18.9. The molecular formula is C25H21F7N2O2. The van der Waals surface area contributed by atoms with Crippen LogP contribution in [-0.2, 0) is 13.0 Å². The van der Waals surface area contributed by atoms with Gasteiger partial charge < -0.3 is 9.47 Å². The van der Waals surface area contributed by atoms with Crippen LogP contribution in [0, 0.1) is 0 Å². The molecule has 0 atom stereocenters. The minimum absolute atomic E-state index is 0.0832. The van der Waals surface area contributed by atoms with Crippen molar-refractivity contribution in [3.8, 4) is 11.5 Å². The van der Waals surface area contributed by atoms with E-state index in [2.05, 4.69) is 11.7 Å². The molecule has 0 fully saturated rings. The number of hydrazone groups is 1. The topological polar surface area (TPSA) is 42.9 Å². The minimum atomic E-state index is -6.47. The number of allylic oxidation sites excluding steroid dienone is 1. The number of rotatable bonds is 10. The van der Waals surface area contributed by atoms with E-state index in [9.17, 15) is 30.7 Å². The average molecular weight is 514 g/mol. The molecule has 0 aromatic heterocycles. The van der Waals surface area contributed by atoms with E-state index in [1.807, 2.05) is 42.5 Å². The van der Waals surface area contributed by atoms with Crippen molar-refractivity contribution in [1.82, 2.24) is 5.43 Å². The van der Waals surface area contributed by atoms with E-state index in [-0.39, 0.29) is 24.3 Å². The van der Waals surface area contributed by atoms with Gasteiger partial charge in [-0.25, -0.2) is 5.43 Å². The van der Waals surface area contributed by atoms with Crippen molar-refractivity contribution in [3.63, 3.8) is 0 Å². The van der Waals surface area contributed by atoms with Gasteiger partial charge in [-0.15, -0.1) is 6.58 Å². The smallest absolute Gasteiger partial charge is 0.462 e. The summed E-state index contributed by atoms with van der Waals surface area (Å²) in [6.07, 6.45) is -4.01. The highest BCUT2D eigenvalue weighted by Gasteiger charge is 2.73. The number of hydrogen-bond donors (Lipinski definition) is 1. The predicted molar refractivity (Wildman–Crippen MR) is 122 cm³/mol. The molecule has 0 radical (unpaired) electrons. The molecule has 0 aliphatic heterocycles. The molecule has 11 heteroatoms. The molecule has 0 aliphatic rings. The molecule has 3 aromatic carbocycles. The maximum absolute atomic E-state index is 13.4. The van der Waals surface area contributed by atoms with Gasteiger partial charge in [0.2, 0.25) is 0 Å². The molecule has 0 bridgehead atoms. The van der Waals surface area contributed by atoms with Gasteiger partial charge in [-0.1, -0.05) is 48.5 Å². The van der Waals surface area contributed by atoms with Crippen LogP contribution >= 0.6 is 0 Å². The van der Waals surface area contributed by atoms with E-state index < -0.39 is 18.1 Å². The molecule has 36 heavy (non-hydrogen) atoms. The highest BCUT2D eigenvalue weighted by molar-refractivity contribution is 5.85. The van der Waals surface area contributed by atoms with Crippen LogP contribution in [0.15, 0.2) is 72.4 Å². The molecule has 3 aromatic rings. The monoisotopic (exact) mass is 514 g/mol. The van der Waals surface area contributed by atoms with Crippen LogP contribution in [0.25, 0.3) is 10.8 Å². The Bertz CT molecular complexity index is 1250. The van der Waals surface area contributed by atoms with Crippen LogP contribution in [0.2, 0.25) is 0 Å². The summed E-state index contributed by atoms with van der Waals surface area (Å²) >= 11 is 0. The lowest BCUT2D eigenvalue weighted by atomic mass is 10.0. The van der Waals surface area contributed by atoms with E-state index >= 15 is 0 Å². The minimum Gasteiger partial charge on any atom is -0.493 e. The number of alkyl halides is 7. The standard InChI is InChI=1S/C25H21F7N2O2/c1-3-7-18-12-16(14-33-34-25(31,32)23(26,27)24(28,29)30)13-21(35-2)22(18)36-15-19-10-6-9-17-8-4-5-11-20(17)19/h3-6,8-14,34H,1,7,15H2,2H3/b33-14+. The Morgan fingerprint density at radius 1 is 0.944 bits per heavy atom. The number of benzene rings is 3. The van der Waals surface area contributed by atoms with Crippen LogP contribution in [-0.4, -0.2) is 31.5 Å². The molecule has 0 unspecified atom stereocenters. The molecule has 0 saturated carbocycles. The Balaban J connectivity index is 1.86. The van der Waals surface area contributed by atoms with Gasteiger partial charge in [0.1, 0.15) is 6.61 Å². The molecule has 0 heterocycles. The molecule has 1 N–H and O–H groups in total. The number of nitrogens with zero attached hydrogens (tertiary/aromatic N) is 1. The zero-order valence-electron chi connectivity index (χ0n) is 18.9. The van der Waals surface area contributed by atoms with Gasteiger partial charge in [0, 0.05) is 5.56 Å². The third-order valence-corrected chi connectivity index (χ3v) is 5.16. The number of ether oxygens (including phenoxy) is 2. The van der Waals surface area contributed by atoms with Crippen molar-refractivity contribution in [1.29, 1.82) is 0 Å². The van der Waals surface area contributed by atoms with E-state index in [0.717, 1.165) is 16.3 Å². The average Bonchev–Trinajstić information content (AvgIpc) is 2.82. The summed E-state index contributed by atoms with van der Waals surface area (Å²) in [7, 11) is 1.33. The van der Waals surface area contributed by atoms with Crippen molar-refractivity contribution in [2.75, 3.05) is 7.11 Å². The van der Waals surface area contributed by atoms with Crippen molar-refractivity contribution in [3.05, 3.63) is 83.9 Å². The van der Waals surface area contributed by atoms with Gasteiger partial charge in [0.25, 0.3) is 0 Å². The van der Waals surface area contributed by atoms with E-state index in [4.69, 9.17) is 9.47 Å². The molecule has 0 aliphatic carbocycles. The maximum atomic E-state index is 13.4. The lowest BCUT2D eigenvalue weighted by Crippen LogP contribution is -2.58. The predicted octanol–water partition coefficient (Wildman–Crippen LogP) is 6.87. The number of fused-ring (bicyclic) bond motifs is 1. The van der Waals surface area contributed by atoms with E-state index in [1.165, 1.54) is 25.3 Å². The molecule has 0 spiro atoms. The summed E-state index contributed by atoms with van der Waals surface area (Å²) < 4.78 is 101. The Kier molecular flexibility index (Phi) is 7.80. The SMILES string of the molecule is C=CCc1cc(/C=N/NC(F)(F)C(F)(F)C(F)(F)F)cc(OC)c1OCc1cccc2ccccc12. The van der Waals surface area contributed by atoms with Gasteiger partial charge in [0.05, 0.1) is 13.3 Å². The fraction of sp³-hybridized carbons (Fsp3) is 0.240. The van der Waals surface area contributed by atoms with Crippen LogP contribution in [0.3, 0.4) is 0 Å². The van der Waals surface area contributed by atoms with Crippen molar-refractivity contribution in [2.24, 2.45) is 5.10 Å². The second-order valence-corrected chi connectivity index (χ2v) is 7.65. The van der Waals surface area contributed by atoms with E-state index in [0.29, 0.717) is 23.0 Å². The number of hydrogen-bond acceptors (Lipinski definition) is 4. The second-order valence-electron chi connectivity index (χ2n) is 7.65. The Hall–Kier alpha value is -3.76. The largest absolute Gasteiger partial charge is 0.493 e. The van der Waals surface area contributed by atoms with Crippen LogP contribution in [0.4, 0.5) is 30.7 Å². The van der Waals surface area contributed by atoms with Crippen LogP contribution < -0.4 is 14.9 Å². The summed E-state index contributed by atoms with van der Waals surface area (Å²) in [4.78, 5) is 0. The lowest BCUT2D eigenvalue weighted by molar-refractivity contribution is -0.361. The summed E-state index contributed by atoms with van der Waals surface area (Å²) in [5, 5.41) is 4.90. The van der Waals surface area contributed by atoms with Gasteiger partial charge >= 0.3 is 18.1 Å². The molecular weight excluding hydrogens is 493 g/mol. The van der Waals surface area contributed by atoms with E-state index in [1.54, 1.807) is 0 Å². The second kappa shape index (κ2) is 10.5. The Morgan fingerprint density at radius 3 is 2.31 bits per heavy atom.